The van der Waals surface area contributed by atoms with Crippen LogP contribution in [-0.4, -0.2) is 16.1 Å². The SMILES string of the molecule is Cc1ccc(-n2c(C)cc3c2CC(C)(C)CNC3=S)cc1. The van der Waals surface area contributed by atoms with Crippen LogP contribution in [0.2, 0.25) is 0 Å². The summed E-state index contributed by atoms with van der Waals surface area (Å²) in [5, 5.41) is 3.41. The largest absolute Gasteiger partial charge is 0.375 e. The lowest BCUT2D eigenvalue weighted by atomic mass is 9.88. The second-order valence-electron chi connectivity index (χ2n) is 6.84. The Hall–Kier alpha value is -1.61. The van der Waals surface area contributed by atoms with Gasteiger partial charge in [0.05, 0.1) is 0 Å². The fraction of sp³-hybridized carbons (Fsp3) is 0.389. The smallest absolute Gasteiger partial charge is 0.108 e. The first kappa shape index (κ1) is 14.3. The van der Waals surface area contributed by atoms with Gasteiger partial charge in [0.15, 0.2) is 0 Å². The molecule has 2 aromatic rings. The first-order valence-electron chi connectivity index (χ1n) is 7.44. The monoisotopic (exact) mass is 298 g/mol. The fourth-order valence-electron chi connectivity index (χ4n) is 3.04. The zero-order valence-corrected chi connectivity index (χ0v) is 14.0. The zero-order chi connectivity index (χ0) is 15.2. The van der Waals surface area contributed by atoms with Crippen LogP contribution in [0.4, 0.5) is 0 Å². The van der Waals surface area contributed by atoms with Gasteiger partial charge in [0.1, 0.15) is 4.99 Å². The second-order valence-corrected chi connectivity index (χ2v) is 7.25. The number of aryl methyl sites for hydroxylation is 2. The Morgan fingerprint density at radius 3 is 2.48 bits per heavy atom. The van der Waals surface area contributed by atoms with Crippen molar-refractivity contribution in [3.05, 3.63) is 52.8 Å². The standard InChI is InChI=1S/C18H22N2S/c1-12-5-7-14(8-6-12)20-13(2)9-15-16(20)10-18(3,4)11-19-17(15)21/h5-9H,10-11H2,1-4H3,(H,19,21). The molecule has 0 saturated heterocycles. The molecule has 0 spiro atoms. The topological polar surface area (TPSA) is 17.0 Å². The Labute approximate surface area is 132 Å². The first-order valence-corrected chi connectivity index (χ1v) is 7.85. The molecule has 0 amide bonds. The van der Waals surface area contributed by atoms with Crippen LogP contribution in [0, 0.1) is 19.3 Å². The molecule has 0 aliphatic carbocycles. The number of thiocarbonyl (C=S) groups is 1. The molecule has 3 heteroatoms. The maximum absolute atomic E-state index is 5.57. The van der Waals surface area contributed by atoms with Gasteiger partial charge in [-0.05, 0) is 43.9 Å². The van der Waals surface area contributed by atoms with Crippen molar-refractivity contribution in [3.63, 3.8) is 0 Å². The molecule has 1 aliphatic heterocycles. The number of benzene rings is 1. The third-order valence-corrected chi connectivity index (χ3v) is 4.56. The predicted octanol–water partition coefficient (Wildman–Crippen LogP) is 3.94. The molecule has 0 atom stereocenters. The van der Waals surface area contributed by atoms with Gasteiger partial charge in [-0.2, -0.15) is 0 Å². The summed E-state index contributed by atoms with van der Waals surface area (Å²) in [5.41, 5.74) is 6.46. The van der Waals surface area contributed by atoms with Gasteiger partial charge < -0.3 is 9.88 Å². The van der Waals surface area contributed by atoms with Crippen LogP contribution in [0.5, 0.6) is 0 Å². The highest BCUT2D eigenvalue weighted by Gasteiger charge is 2.29. The molecule has 0 fully saturated rings. The number of aromatic nitrogens is 1. The highest BCUT2D eigenvalue weighted by atomic mass is 32.1. The van der Waals surface area contributed by atoms with Crippen molar-refractivity contribution >= 4 is 17.2 Å². The zero-order valence-electron chi connectivity index (χ0n) is 13.2. The van der Waals surface area contributed by atoms with E-state index in [2.05, 4.69) is 67.9 Å². The van der Waals surface area contributed by atoms with Crippen molar-refractivity contribution in [2.45, 2.75) is 34.1 Å². The molecule has 1 aromatic heterocycles. The lowest BCUT2D eigenvalue weighted by Gasteiger charge is -2.23. The summed E-state index contributed by atoms with van der Waals surface area (Å²) in [6.07, 6.45) is 1.02. The number of hydrogen-bond donors (Lipinski definition) is 1. The van der Waals surface area contributed by atoms with Crippen LogP contribution in [0.15, 0.2) is 30.3 Å². The molecule has 1 N–H and O–H groups in total. The molecule has 0 unspecified atom stereocenters. The van der Waals surface area contributed by atoms with Crippen LogP contribution in [0.3, 0.4) is 0 Å². The van der Waals surface area contributed by atoms with Crippen LogP contribution in [0.25, 0.3) is 5.69 Å². The van der Waals surface area contributed by atoms with E-state index in [1.165, 1.54) is 28.2 Å². The Morgan fingerprint density at radius 2 is 1.81 bits per heavy atom. The van der Waals surface area contributed by atoms with E-state index in [4.69, 9.17) is 12.2 Å². The summed E-state index contributed by atoms with van der Waals surface area (Å²) < 4.78 is 2.36. The van der Waals surface area contributed by atoms with E-state index in [9.17, 15) is 0 Å². The molecule has 110 valence electrons. The molecule has 21 heavy (non-hydrogen) atoms. The summed E-state index contributed by atoms with van der Waals surface area (Å²) in [5.74, 6) is 0. The van der Waals surface area contributed by atoms with Crippen molar-refractivity contribution in [2.24, 2.45) is 5.41 Å². The third-order valence-electron chi connectivity index (χ3n) is 4.20. The predicted molar refractivity (Wildman–Crippen MR) is 92.4 cm³/mol. The molecule has 0 bridgehead atoms. The van der Waals surface area contributed by atoms with Gasteiger partial charge in [-0.15, -0.1) is 0 Å². The summed E-state index contributed by atoms with van der Waals surface area (Å²) >= 11 is 5.57. The molecule has 2 heterocycles. The van der Waals surface area contributed by atoms with E-state index in [0.717, 1.165) is 18.0 Å². The molecule has 0 radical (unpaired) electrons. The van der Waals surface area contributed by atoms with Gasteiger partial charge >= 0.3 is 0 Å². The molecule has 2 nitrogen and oxygen atoms in total. The maximum atomic E-state index is 5.57. The number of nitrogens with one attached hydrogen (secondary N) is 1. The molecule has 3 rings (SSSR count). The maximum Gasteiger partial charge on any atom is 0.108 e. The van der Waals surface area contributed by atoms with E-state index in [0.29, 0.717) is 0 Å². The van der Waals surface area contributed by atoms with Gasteiger partial charge in [-0.3, -0.25) is 0 Å². The highest BCUT2D eigenvalue weighted by molar-refractivity contribution is 7.80. The van der Waals surface area contributed by atoms with Gasteiger partial charge in [0, 0.05) is 29.2 Å². The first-order chi connectivity index (χ1) is 9.87. The summed E-state index contributed by atoms with van der Waals surface area (Å²) in [7, 11) is 0. The van der Waals surface area contributed by atoms with E-state index in [-0.39, 0.29) is 5.41 Å². The van der Waals surface area contributed by atoms with E-state index in [1.54, 1.807) is 0 Å². The number of nitrogens with zero attached hydrogens (tertiary/aromatic N) is 1. The van der Waals surface area contributed by atoms with Crippen LogP contribution < -0.4 is 5.32 Å². The summed E-state index contributed by atoms with van der Waals surface area (Å²) in [6.45, 7) is 9.78. The van der Waals surface area contributed by atoms with Crippen LogP contribution >= 0.6 is 12.2 Å². The quantitative estimate of drug-likeness (QED) is 0.803. The highest BCUT2D eigenvalue weighted by Crippen LogP contribution is 2.31. The Balaban J connectivity index is 2.19. The molecular formula is C18H22N2S. The average molecular weight is 298 g/mol. The third kappa shape index (κ3) is 2.62. The number of fused-ring (bicyclic) bond motifs is 1. The number of rotatable bonds is 1. The average Bonchev–Trinajstić information content (AvgIpc) is 2.68. The summed E-state index contributed by atoms with van der Waals surface area (Å²) in [4.78, 5) is 0.879. The normalized spacial score (nSPS) is 17.0. The van der Waals surface area contributed by atoms with E-state index in [1.807, 2.05) is 0 Å². The minimum atomic E-state index is 0.197. The van der Waals surface area contributed by atoms with E-state index < -0.39 is 0 Å². The van der Waals surface area contributed by atoms with Crippen molar-refractivity contribution < 1.29 is 0 Å². The van der Waals surface area contributed by atoms with Crippen molar-refractivity contribution in [2.75, 3.05) is 6.54 Å². The van der Waals surface area contributed by atoms with Gasteiger partial charge in [0.25, 0.3) is 0 Å². The van der Waals surface area contributed by atoms with E-state index >= 15 is 0 Å². The molecule has 1 aromatic carbocycles. The molecule has 0 saturated carbocycles. The van der Waals surface area contributed by atoms with Crippen LogP contribution in [-0.2, 0) is 6.42 Å². The minimum Gasteiger partial charge on any atom is -0.375 e. The fourth-order valence-corrected chi connectivity index (χ4v) is 3.29. The molecular weight excluding hydrogens is 276 g/mol. The van der Waals surface area contributed by atoms with Crippen molar-refractivity contribution in [3.8, 4) is 5.69 Å². The van der Waals surface area contributed by atoms with Gasteiger partial charge in [0.2, 0.25) is 0 Å². The molecule has 1 aliphatic rings. The van der Waals surface area contributed by atoms with Crippen LogP contribution in [0.1, 0.15) is 36.4 Å². The van der Waals surface area contributed by atoms with Gasteiger partial charge in [-0.25, -0.2) is 0 Å². The minimum absolute atomic E-state index is 0.197. The van der Waals surface area contributed by atoms with Crippen molar-refractivity contribution in [1.82, 2.24) is 9.88 Å². The summed E-state index contributed by atoms with van der Waals surface area (Å²) in [6, 6.07) is 10.9. The Bertz CT molecular complexity index is 693. The van der Waals surface area contributed by atoms with Crippen molar-refractivity contribution in [1.29, 1.82) is 0 Å². The lowest BCUT2D eigenvalue weighted by molar-refractivity contribution is 0.360. The second kappa shape index (κ2) is 4.99. The van der Waals surface area contributed by atoms with Gasteiger partial charge in [-0.1, -0.05) is 43.8 Å². The lowest BCUT2D eigenvalue weighted by Crippen LogP contribution is -2.31. The Morgan fingerprint density at radius 1 is 1.14 bits per heavy atom. The Kier molecular flexibility index (Phi) is 3.40. The number of hydrogen-bond acceptors (Lipinski definition) is 1.